The quantitative estimate of drug-likeness (QED) is 0.819. The smallest absolute Gasteiger partial charge is 0.126 e. The van der Waals surface area contributed by atoms with Gasteiger partial charge in [-0.05, 0) is 13.0 Å². The van der Waals surface area contributed by atoms with Crippen molar-refractivity contribution in [2.24, 2.45) is 0 Å². The van der Waals surface area contributed by atoms with Crippen LogP contribution in [0.1, 0.15) is 11.3 Å². The van der Waals surface area contributed by atoms with Gasteiger partial charge in [0.15, 0.2) is 0 Å². The Morgan fingerprint density at radius 3 is 2.88 bits per heavy atom. The average molecular weight is 221 g/mol. The first-order valence-corrected chi connectivity index (χ1v) is 5.73. The van der Waals surface area contributed by atoms with E-state index in [9.17, 15) is 0 Å². The highest BCUT2D eigenvalue weighted by atomic mass is 16.5. The summed E-state index contributed by atoms with van der Waals surface area (Å²) < 4.78 is 5.39. The molecule has 1 aliphatic rings. The fourth-order valence-corrected chi connectivity index (χ4v) is 2.05. The molecule has 0 radical (unpaired) electrons. The average Bonchev–Trinajstić information content (AvgIpc) is 2.33. The van der Waals surface area contributed by atoms with E-state index >= 15 is 0 Å². The molecule has 0 amide bonds. The minimum Gasteiger partial charge on any atom is -0.496 e. The number of nitrogens with one attached hydrogen (secondary N) is 1. The number of rotatable bonds is 3. The standard InChI is InChI=1S/C12H19N3O/c1-10-11(12(16-2)3-4-14-10)9-15-7-5-13-6-8-15/h3-4,13H,5-9H2,1-2H3. The van der Waals surface area contributed by atoms with Crippen LogP contribution in [-0.4, -0.2) is 43.2 Å². The highest BCUT2D eigenvalue weighted by molar-refractivity contribution is 5.35. The Morgan fingerprint density at radius 1 is 1.44 bits per heavy atom. The van der Waals surface area contributed by atoms with Crippen LogP contribution in [0.3, 0.4) is 0 Å². The molecule has 0 bridgehead atoms. The van der Waals surface area contributed by atoms with E-state index in [-0.39, 0.29) is 0 Å². The Labute approximate surface area is 96.6 Å². The predicted molar refractivity (Wildman–Crippen MR) is 63.7 cm³/mol. The number of aromatic nitrogens is 1. The number of ether oxygens (including phenoxy) is 1. The van der Waals surface area contributed by atoms with E-state index in [1.165, 1.54) is 5.56 Å². The predicted octanol–water partition coefficient (Wildman–Crippen LogP) is 0.804. The lowest BCUT2D eigenvalue weighted by Crippen LogP contribution is -2.43. The Kier molecular flexibility index (Phi) is 3.74. The molecule has 1 aromatic heterocycles. The molecule has 0 atom stereocenters. The third-order valence-electron chi connectivity index (χ3n) is 3.04. The summed E-state index contributed by atoms with van der Waals surface area (Å²) in [5, 5.41) is 3.36. The Morgan fingerprint density at radius 2 is 2.19 bits per heavy atom. The van der Waals surface area contributed by atoms with Gasteiger partial charge in [-0.25, -0.2) is 0 Å². The fraction of sp³-hybridized carbons (Fsp3) is 0.583. The molecule has 4 nitrogen and oxygen atoms in total. The molecule has 2 rings (SSSR count). The molecule has 1 aromatic rings. The van der Waals surface area contributed by atoms with E-state index in [0.717, 1.165) is 44.2 Å². The third-order valence-corrected chi connectivity index (χ3v) is 3.04. The van der Waals surface area contributed by atoms with Gasteiger partial charge in [0.2, 0.25) is 0 Å². The second kappa shape index (κ2) is 5.27. The molecule has 1 N–H and O–H groups in total. The van der Waals surface area contributed by atoms with Gasteiger partial charge < -0.3 is 10.1 Å². The number of pyridine rings is 1. The molecule has 0 aliphatic carbocycles. The van der Waals surface area contributed by atoms with Gasteiger partial charge in [-0.15, -0.1) is 0 Å². The van der Waals surface area contributed by atoms with Crippen molar-refractivity contribution < 1.29 is 4.74 Å². The summed E-state index contributed by atoms with van der Waals surface area (Å²) in [7, 11) is 1.72. The van der Waals surface area contributed by atoms with Crippen molar-refractivity contribution in [1.82, 2.24) is 15.2 Å². The van der Waals surface area contributed by atoms with Gasteiger partial charge in [0.25, 0.3) is 0 Å². The first-order chi connectivity index (χ1) is 7.81. The van der Waals surface area contributed by atoms with Crippen LogP contribution in [0, 0.1) is 6.92 Å². The molecular weight excluding hydrogens is 202 g/mol. The molecule has 4 heteroatoms. The van der Waals surface area contributed by atoms with Gasteiger partial charge in [0.05, 0.1) is 7.11 Å². The highest BCUT2D eigenvalue weighted by Gasteiger charge is 2.14. The minimum atomic E-state index is 0.935. The summed E-state index contributed by atoms with van der Waals surface area (Å²) in [5.74, 6) is 0.950. The van der Waals surface area contributed by atoms with Crippen LogP contribution >= 0.6 is 0 Å². The minimum absolute atomic E-state index is 0.935. The van der Waals surface area contributed by atoms with Crippen LogP contribution < -0.4 is 10.1 Å². The summed E-state index contributed by atoms with van der Waals surface area (Å²) >= 11 is 0. The van der Waals surface area contributed by atoms with Gasteiger partial charge in [-0.1, -0.05) is 0 Å². The van der Waals surface area contributed by atoms with Gasteiger partial charge in [0, 0.05) is 50.2 Å². The van der Waals surface area contributed by atoms with Crippen molar-refractivity contribution in [2.75, 3.05) is 33.3 Å². The van der Waals surface area contributed by atoms with E-state index in [1.54, 1.807) is 13.3 Å². The largest absolute Gasteiger partial charge is 0.496 e. The topological polar surface area (TPSA) is 37.4 Å². The van der Waals surface area contributed by atoms with Crippen LogP contribution in [0.15, 0.2) is 12.3 Å². The van der Waals surface area contributed by atoms with Gasteiger partial charge >= 0.3 is 0 Å². The summed E-state index contributed by atoms with van der Waals surface area (Å²) in [5.41, 5.74) is 2.28. The van der Waals surface area contributed by atoms with Gasteiger partial charge in [-0.3, -0.25) is 9.88 Å². The number of nitrogens with zero attached hydrogens (tertiary/aromatic N) is 2. The second-order valence-corrected chi connectivity index (χ2v) is 4.10. The van der Waals surface area contributed by atoms with Crippen LogP contribution in [0.2, 0.25) is 0 Å². The summed E-state index contributed by atoms with van der Waals surface area (Å²) in [4.78, 5) is 6.76. The van der Waals surface area contributed by atoms with Gasteiger partial charge in [0.1, 0.15) is 5.75 Å². The molecule has 1 aliphatic heterocycles. The zero-order chi connectivity index (χ0) is 11.4. The lowest BCUT2D eigenvalue weighted by Gasteiger charge is -2.28. The van der Waals surface area contributed by atoms with Crippen molar-refractivity contribution in [1.29, 1.82) is 0 Å². The van der Waals surface area contributed by atoms with Crippen LogP contribution in [0.25, 0.3) is 0 Å². The van der Waals surface area contributed by atoms with Crippen LogP contribution in [-0.2, 0) is 6.54 Å². The highest BCUT2D eigenvalue weighted by Crippen LogP contribution is 2.21. The molecule has 0 aromatic carbocycles. The van der Waals surface area contributed by atoms with Crippen molar-refractivity contribution in [3.63, 3.8) is 0 Å². The Bertz CT molecular complexity index is 348. The lowest BCUT2D eigenvalue weighted by molar-refractivity contribution is 0.229. The summed E-state index contributed by atoms with van der Waals surface area (Å²) in [6.07, 6.45) is 1.80. The molecule has 88 valence electrons. The molecule has 1 saturated heterocycles. The SMILES string of the molecule is COc1ccnc(C)c1CN1CCNCC1. The van der Waals surface area contributed by atoms with E-state index in [2.05, 4.69) is 15.2 Å². The van der Waals surface area contributed by atoms with Crippen molar-refractivity contribution in [3.8, 4) is 5.75 Å². The van der Waals surface area contributed by atoms with Crippen molar-refractivity contribution in [2.45, 2.75) is 13.5 Å². The number of hydrogen-bond donors (Lipinski definition) is 1. The monoisotopic (exact) mass is 221 g/mol. The zero-order valence-electron chi connectivity index (χ0n) is 9.99. The maximum absolute atomic E-state index is 5.39. The summed E-state index contributed by atoms with van der Waals surface area (Å²) in [6.45, 7) is 7.31. The van der Waals surface area contributed by atoms with Crippen molar-refractivity contribution in [3.05, 3.63) is 23.5 Å². The molecule has 0 saturated carbocycles. The number of aryl methyl sites for hydroxylation is 1. The zero-order valence-corrected chi connectivity index (χ0v) is 9.99. The molecule has 0 unspecified atom stereocenters. The van der Waals surface area contributed by atoms with E-state index in [4.69, 9.17) is 4.74 Å². The molecule has 0 spiro atoms. The van der Waals surface area contributed by atoms with E-state index in [1.807, 2.05) is 13.0 Å². The maximum atomic E-state index is 5.39. The molecule has 1 fully saturated rings. The molecule has 2 heterocycles. The van der Waals surface area contributed by atoms with Gasteiger partial charge in [-0.2, -0.15) is 0 Å². The first kappa shape index (κ1) is 11.4. The van der Waals surface area contributed by atoms with Crippen LogP contribution in [0.5, 0.6) is 5.75 Å². The number of piperazine rings is 1. The van der Waals surface area contributed by atoms with E-state index < -0.39 is 0 Å². The Balaban J connectivity index is 2.12. The third kappa shape index (κ3) is 2.51. The summed E-state index contributed by atoms with van der Waals surface area (Å²) in [6, 6.07) is 1.94. The van der Waals surface area contributed by atoms with Crippen LogP contribution in [0.4, 0.5) is 0 Å². The first-order valence-electron chi connectivity index (χ1n) is 5.73. The number of methoxy groups -OCH3 is 1. The fourth-order valence-electron chi connectivity index (χ4n) is 2.05. The van der Waals surface area contributed by atoms with Crippen molar-refractivity contribution >= 4 is 0 Å². The molecular formula is C12H19N3O. The van der Waals surface area contributed by atoms with E-state index in [0.29, 0.717) is 0 Å². The Hall–Kier alpha value is -1.13. The molecule has 16 heavy (non-hydrogen) atoms. The maximum Gasteiger partial charge on any atom is 0.126 e. The lowest BCUT2D eigenvalue weighted by atomic mass is 10.1. The second-order valence-electron chi connectivity index (χ2n) is 4.10. The number of hydrogen-bond acceptors (Lipinski definition) is 4. The normalized spacial score (nSPS) is 17.4.